The molecule has 10 heteroatoms. The van der Waals surface area contributed by atoms with Gasteiger partial charge in [0.25, 0.3) is 0 Å². The first kappa shape index (κ1) is 16.9. The Bertz CT molecular complexity index is 335. The van der Waals surface area contributed by atoms with Gasteiger partial charge in [-0.3, -0.25) is 4.79 Å². The third-order valence-electron chi connectivity index (χ3n) is 2.11. The number of amides is 1. The highest BCUT2D eigenvalue weighted by Crippen LogP contribution is 2.01. The molecule has 0 aromatic heterocycles. The number of nitrogens with zero attached hydrogens (tertiary/aromatic N) is 3. The fourth-order valence-corrected chi connectivity index (χ4v) is 1.16. The molecule has 0 aliphatic carbocycles. The number of carboxylic acids is 1. The van der Waals surface area contributed by atoms with Crippen molar-refractivity contribution in [3.63, 3.8) is 0 Å². The lowest BCUT2D eigenvalue weighted by atomic mass is 10.1. The van der Waals surface area contributed by atoms with E-state index in [1.807, 2.05) is 0 Å². The van der Waals surface area contributed by atoms with Crippen molar-refractivity contribution in [3.05, 3.63) is 10.4 Å². The van der Waals surface area contributed by atoms with Gasteiger partial charge in [0, 0.05) is 11.5 Å². The van der Waals surface area contributed by atoms with Crippen molar-refractivity contribution >= 4 is 12.1 Å². The van der Waals surface area contributed by atoms with Gasteiger partial charge in [-0.2, -0.15) is 0 Å². The van der Waals surface area contributed by atoms with Gasteiger partial charge in [0.05, 0.1) is 13.2 Å². The zero-order valence-corrected chi connectivity index (χ0v) is 10.2. The van der Waals surface area contributed by atoms with Gasteiger partial charge in [0.15, 0.2) is 0 Å². The predicted molar refractivity (Wildman–Crippen MR) is 62.9 cm³/mol. The maximum atomic E-state index is 12.0. The Hall–Kier alpha value is -2.06. The fraction of sp³-hybridized carbons (Fsp3) is 0.778. The number of rotatable bonds is 10. The maximum absolute atomic E-state index is 12.0. The molecule has 0 unspecified atom stereocenters. The van der Waals surface area contributed by atoms with Crippen molar-refractivity contribution in [2.75, 3.05) is 19.7 Å². The molecule has 1 amide bonds. The fourth-order valence-electron chi connectivity index (χ4n) is 1.16. The molecule has 0 aliphatic heterocycles. The number of halogens is 1. The lowest BCUT2D eigenvalue weighted by molar-refractivity contribution is -0.141. The number of azide groups is 1. The molecule has 0 aliphatic rings. The summed E-state index contributed by atoms with van der Waals surface area (Å²) in [5.74, 6) is -1.26. The lowest BCUT2D eigenvalue weighted by Gasteiger charge is -2.08. The van der Waals surface area contributed by atoms with Gasteiger partial charge < -0.3 is 15.2 Å². The minimum Gasteiger partial charge on any atom is -0.480 e. The Kier molecular flexibility index (Phi) is 9.86. The van der Waals surface area contributed by atoms with Crippen LogP contribution in [0.25, 0.3) is 10.4 Å². The molecule has 0 spiro atoms. The molecule has 1 atom stereocenters. The topological polar surface area (TPSA) is 136 Å². The molecule has 0 aromatic rings. The van der Waals surface area contributed by atoms with Crippen LogP contribution in [0.5, 0.6) is 0 Å². The van der Waals surface area contributed by atoms with E-state index < -0.39 is 18.1 Å². The van der Waals surface area contributed by atoms with Gasteiger partial charge >= 0.3 is 12.1 Å². The van der Waals surface area contributed by atoms with Crippen molar-refractivity contribution in [2.24, 2.45) is 5.11 Å². The third-order valence-corrected chi connectivity index (χ3v) is 2.11. The first-order valence-corrected chi connectivity index (χ1v) is 5.62. The molecule has 3 N–H and O–H groups in total. The van der Waals surface area contributed by atoms with Crippen molar-refractivity contribution in [1.29, 1.82) is 0 Å². The quantitative estimate of drug-likeness (QED) is 0.181. The summed E-state index contributed by atoms with van der Waals surface area (Å²) in [4.78, 5) is 24.0. The SMILES string of the molecule is [N-]=[N+]=NCCOC(=O)NCCCC[C@H](NF)C(=O)O. The van der Waals surface area contributed by atoms with Crippen LogP contribution in [0.3, 0.4) is 0 Å². The number of aliphatic carboxylic acids is 1. The van der Waals surface area contributed by atoms with E-state index in [1.54, 1.807) is 0 Å². The average molecular weight is 277 g/mol. The van der Waals surface area contributed by atoms with E-state index >= 15 is 0 Å². The molecule has 0 saturated carbocycles. The van der Waals surface area contributed by atoms with Gasteiger partial charge in [-0.25, -0.2) is 4.79 Å². The summed E-state index contributed by atoms with van der Waals surface area (Å²) in [5, 5.41) is 14.1. The Balaban J connectivity index is 3.50. The highest BCUT2D eigenvalue weighted by Gasteiger charge is 2.15. The number of alkyl carbamates (subject to hydrolysis) is 1. The Morgan fingerprint density at radius 3 is 2.79 bits per heavy atom. The molecule has 108 valence electrons. The van der Waals surface area contributed by atoms with Gasteiger partial charge in [0.1, 0.15) is 6.04 Å². The Morgan fingerprint density at radius 1 is 1.47 bits per heavy atom. The summed E-state index contributed by atoms with van der Waals surface area (Å²) in [5.41, 5.74) is 9.15. The van der Waals surface area contributed by atoms with E-state index in [2.05, 4.69) is 20.1 Å². The molecular weight excluding hydrogens is 261 g/mol. The molecule has 0 aromatic carbocycles. The molecule has 19 heavy (non-hydrogen) atoms. The number of unbranched alkanes of at least 4 members (excludes halogenated alkanes) is 1. The molecule has 0 fully saturated rings. The second-order valence-electron chi connectivity index (χ2n) is 3.51. The number of carbonyl (C=O) groups is 2. The third kappa shape index (κ3) is 9.62. The second kappa shape index (κ2) is 11.1. The molecule has 9 nitrogen and oxygen atoms in total. The molecule has 0 saturated heterocycles. The number of nitrogens with one attached hydrogen (secondary N) is 2. The van der Waals surface area contributed by atoms with E-state index in [0.29, 0.717) is 19.4 Å². The van der Waals surface area contributed by atoms with Crippen LogP contribution in [0.4, 0.5) is 9.28 Å². The van der Waals surface area contributed by atoms with Crippen LogP contribution >= 0.6 is 0 Å². The number of carbonyl (C=O) groups excluding carboxylic acids is 1. The smallest absolute Gasteiger partial charge is 0.407 e. The van der Waals surface area contributed by atoms with Crippen LogP contribution in [0.1, 0.15) is 19.3 Å². The minimum atomic E-state index is -1.26. The van der Waals surface area contributed by atoms with Crippen molar-refractivity contribution in [1.82, 2.24) is 10.9 Å². The molecular formula is C9H16FN5O4. The lowest BCUT2D eigenvalue weighted by Crippen LogP contribution is -2.31. The highest BCUT2D eigenvalue weighted by molar-refractivity contribution is 5.73. The van der Waals surface area contributed by atoms with E-state index in [4.69, 9.17) is 10.6 Å². The van der Waals surface area contributed by atoms with Gasteiger partial charge in [0.2, 0.25) is 0 Å². The summed E-state index contributed by atoms with van der Waals surface area (Å²) >= 11 is 0. The standard InChI is InChI=1S/C9H16FN5O4/c10-14-7(8(16)17)3-1-2-4-12-9(18)19-6-5-13-15-11/h7,14H,1-6H2,(H,12,18)(H,16,17)/t7-/m0/s1. The van der Waals surface area contributed by atoms with Crippen LogP contribution in [0.2, 0.25) is 0 Å². The van der Waals surface area contributed by atoms with Crippen LogP contribution in [-0.2, 0) is 9.53 Å². The molecule has 0 radical (unpaired) electrons. The number of ether oxygens (including phenoxy) is 1. The number of hydrogen-bond acceptors (Lipinski definition) is 5. The molecule has 0 rings (SSSR count). The van der Waals surface area contributed by atoms with E-state index in [9.17, 15) is 14.1 Å². The van der Waals surface area contributed by atoms with Crippen molar-refractivity contribution in [2.45, 2.75) is 25.3 Å². The summed E-state index contributed by atoms with van der Waals surface area (Å²) in [6.07, 6.45) is 0.412. The van der Waals surface area contributed by atoms with E-state index in [1.165, 1.54) is 5.54 Å². The largest absolute Gasteiger partial charge is 0.480 e. The summed E-state index contributed by atoms with van der Waals surface area (Å²) < 4.78 is 16.6. The van der Waals surface area contributed by atoms with Gasteiger partial charge in [-0.05, 0) is 24.8 Å². The van der Waals surface area contributed by atoms with Gasteiger partial charge in [-0.1, -0.05) is 5.11 Å². The predicted octanol–water partition coefficient (Wildman–Crippen LogP) is 1.12. The molecule has 0 heterocycles. The zero-order chi connectivity index (χ0) is 14.5. The van der Waals surface area contributed by atoms with Crippen LogP contribution in [0, 0.1) is 0 Å². The number of carboxylic acid groups (broad SMARTS) is 1. The summed E-state index contributed by atoms with van der Waals surface area (Å²) in [7, 11) is 0. The molecule has 0 bridgehead atoms. The van der Waals surface area contributed by atoms with Crippen LogP contribution in [-0.4, -0.2) is 42.9 Å². The Morgan fingerprint density at radius 2 is 2.21 bits per heavy atom. The van der Waals surface area contributed by atoms with Crippen LogP contribution in [0.15, 0.2) is 5.11 Å². The number of hydrogen-bond donors (Lipinski definition) is 3. The van der Waals surface area contributed by atoms with Gasteiger partial charge in [-0.15, -0.1) is 10.0 Å². The first-order chi connectivity index (χ1) is 9.11. The first-order valence-electron chi connectivity index (χ1n) is 5.62. The summed E-state index contributed by atoms with van der Waals surface area (Å²) in [6.45, 7) is 0.341. The second-order valence-corrected chi connectivity index (χ2v) is 3.51. The van der Waals surface area contributed by atoms with E-state index in [-0.39, 0.29) is 19.6 Å². The van der Waals surface area contributed by atoms with Crippen molar-refractivity contribution in [3.8, 4) is 0 Å². The monoisotopic (exact) mass is 277 g/mol. The Labute approximate surface area is 108 Å². The highest BCUT2D eigenvalue weighted by atomic mass is 19.2. The normalized spacial score (nSPS) is 11.2. The van der Waals surface area contributed by atoms with Crippen LogP contribution < -0.4 is 10.9 Å². The average Bonchev–Trinajstić information content (AvgIpc) is 2.38. The van der Waals surface area contributed by atoms with E-state index in [0.717, 1.165) is 0 Å². The van der Waals surface area contributed by atoms with Crippen molar-refractivity contribution < 1.29 is 23.9 Å². The minimum absolute atomic E-state index is 0.0112. The zero-order valence-electron chi connectivity index (χ0n) is 10.2. The summed E-state index contributed by atoms with van der Waals surface area (Å²) in [6, 6.07) is -1.23. The maximum Gasteiger partial charge on any atom is 0.407 e.